The summed E-state index contributed by atoms with van der Waals surface area (Å²) in [5.41, 5.74) is 3.67. The van der Waals surface area contributed by atoms with Gasteiger partial charge in [0.2, 0.25) is 0 Å². The Bertz CT molecular complexity index is 743. The van der Waals surface area contributed by atoms with Crippen molar-refractivity contribution in [1.29, 1.82) is 0 Å². The van der Waals surface area contributed by atoms with E-state index >= 15 is 0 Å². The van der Waals surface area contributed by atoms with E-state index in [1.807, 2.05) is 30.9 Å². The van der Waals surface area contributed by atoms with E-state index in [0.29, 0.717) is 12.5 Å². The van der Waals surface area contributed by atoms with Crippen LogP contribution in [0.3, 0.4) is 0 Å². The Morgan fingerprint density at radius 3 is 3.00 bits per heavy atom. The number of nitrogens with zero attached hydrogens (tertiary/aromatic N) is 3. The summed E-state index contributed by atoms with van der Waals surface area (Å²) in [7, 11) is 0. The summed E-state index contributed by atoms with van der Waals surface area (Å²) in [5.74, 6) is 0.604. The SMILES string of the molecule is Cc1cc(C(=O)N2CC[C@H]3C[C@@H](c4ccncn4)O[C@@H]3C2)c(C)[nH]1. The number of likely N-dealkylation sites (tertiary alicyclic amines) is 1. The van der Waals surface area contributed by atoms with E-state index < -0.39 is 0 Å². The second-order valence-corrected chi connectivity index (χ2v) is 6.82. The van der Waals surface area contributed by atoms with Gasteiger partial charge in [0.25, 0.3) is 5.91 Å². The first-order valence-electron chi connectivity index (χ1n) is 8.48. The van der Waals surface area contributed by atoms with Gasteiger partial charge in [-0.3, -0.25) is 4.79 Å². The topological polar surface area (TPSA) is 71.1 Å². The van der Waals surface area contributed by atoms with Gasteiger partial charge in [-0.2, -0.15) is 0 Å². The van der Waals surface area contributed by atoms with Crippen molar-refractivity contribution in [3.05, 3.63) is 47.3 Å². The molecule has 2 saturated heterocycles. The van der Waals surface area contributed by atoms with Gasteiger partial charge >= 0.3 is 0 Å². The van der Waals surface area contributed by atoms with Crippen molar-refractivity contribution in [2.24, 2.45) is 5.92 Å². The van der Waals surface area contributed by atoms with E-state index in [2.05, 4.69) is 15.0 Å². The number of hydrogen-bond donors (Lipinski definition) is 1. The molecule has 0 spiro atoms. The molecular weight excluding hydrogens is 304 g/mol. The molecule has 0 bridgehead atoms. The molecule has 4 rings (SSSR count). The van der Waals surface area contributed by atoms with E-state index in [1.54, 1.807) is 12.5 Å². The first kappa shape index (κ1) is 15.3. The Kier molecular flexibility index (Phi) is 3.84. The third-order valence-corrected chi connectivity index (χ3v) is 5.15. The highest BCUT2D eigenvalue weighted by molar-refractivity contribution is 5.95. The average molecular weight is 326 g/mol. The van der Waals surface area contributed by atoms with Gasteiger partial charge in [-0.05, 0) is 44.7 Å². The van der Waals surface area contributed by atoms with Crippen molar-refractivity contribution in [2.45, 2.75) is 38.9 Å². The number of rotatable bonds is 2. The van der Waals surface area contributed by atoms with Crippen LogP contribution in [0.2, 0.25) is 0 Å². The number of fused-ring (bicyclic) bond motifs is 1. The summed E-state index contributed by atoms with van der Waals surface area (Å²) in [6.45, 7) is 5.38. The quantitative estimate of drug-likeness (QED) is 0.920. The third-order valence-electron chi connectivity index (χ3n) is 5.15. The molecule has 1 N–H and O–H groups in total. The lowest BCUT2D eigenvalue weighted by Gasteiger charge is -2.34. The van der Waals surface area contributed by atoms with E-state index in [1.165, 1.54) is 0 Å². The molecule has 0 radical (unpaired) electrons. The molecule has 0 saturated carbocycles. The third kappa shape index (κ3) is 2.71. The highest BCUT2D eigenvalue weighted by Gasteiger charge is 2.41. The zero-order valence-electron chi connectivity index (χ0n) is 14.0. The van der Waals surface area contributed by atoms with Crippen molar-refractivity contribution in [3.8, 4) is 0 Å². The fourth-order valence-electron chi connectivity index (χ4n) is 3.91. The van der Waals surface area contributed by atoms with Gasteiger partial charge in [0.05, 0.1) is 17.4 Å². The standard InChI is InChI=1S/C18H22N4O2/c1-11-7-14(12(2)21-11)18(23)22-6-4-13-8-16(24-17(13)9-22)15-3-5-19-10-20-15/h3,5,7,10,13,16-17,21H,4,6,8-9H2,1-2H3/t13-,16-,17+/m0/s1. The number of amides is 1. The molecule has 0 aromatic carbocycles. The maximum Gasteiger partial charge on any atom is 0.255 e. The Balaban J connectivity index is 1.46. The van der Waals surface area contributed by atoms with Crippen LogP contribution in [0, 0.1) is 19.8 Å². The molecule has 2 aromatic rings. The number of H-pyrrole nitrogens is 1. The van der Waals surface area contributed by atoms with Gasteiger partial charge < -0.3 is 14.6 Å². The minimum atomic E-state index is 0.0225. The first-order valence-corrected chi connectivity index (χ1v) is 8.48. The number of aromatic nitrogens is 3. The van der Waals surface area contributed by atoms with Crippen LogP contribution in [-0.4, -0.2) is 45.0 Å². The Morgan fingerprint density at radius 1 is 1.42 bits per heavy atom. The van der Waals surface area contributed by atoms with Gasteiger partial charge in [-0.15, -0.1) is 0 Å². The molecule has 2 aliphatic rings. The van der Waals surface area contributed by atoms with Gasteiger partial charge in [0, 0.05) is 30.7 Å². The predicted molar refractivity (Wildman–Crippen MR) is 88.5 cm³/mol. The van der Waals surface area contributed by atoms with Crippen molar-refractivity contribution in [1.82, 2.24) is 19.9 Å². The predicted octanol–water partition coefficient (Wildman–Crippen LogP) is 2.41. The molecule has 6 heteroatoms. The molecule has 2 fully saturated rings. The summed E-state index contributed by atoms with van der Waals surface area (Å²) in [5, 5.41) is 0. The zero-order chi connectivity index (χ0) is 16.7. The first-order chi connectivity index (χ1) is 11.6. The van der Waals surface area contributed by atoms with Crippen molar-refractivity contribution < 1.29 is 9.53 Å². The number of carbonyl (C=O) groups excluding carboxylic acids is 1. The van der Waals surface area contributed by atoms with Crippen molar-refractivity contribution in [2.75, 3.05) is 13.1 Å². The number of aryl methyl sites for hydroxylation is 2. The van der Waals surface area contributed by atoms with Gasteiger partial charge in [-0.1, -0.05) is 0 Å². The lowest BCUT2D eigenvalue weighted by molar-refractivity contribution is -0.00566. The van der Waals surface area contributed by atoms with E-state index in [9.17, 15) is 4.79 Å². The van der Waals surface area contributed by atoms with E-state index in [-0.39, 0.29) is 18.1 Å². The van der Waals surface area contributed by atoms with Crippen molar-refractivity contribution in [3.63, 3.8) is 0 Å². The van der Waals surface area contributed by atoms with Crippen LogP contribution in [-0.2, 0) is 4.74 Å². The van der Waals surface area contributed by atoms with E-state index in [4.69, 9.17) is 4.74 Å². The second-order valence-electron chi connectivity index (χ2n) is 6.82. The molecule has 1 amide bonds. The lowest BCUT2D eigenvalue weighted by Crippen LogP contribution is -2.45. The molecule has 2 aromatic heterocycles. The summed E-state index contributed by atoms with van der Waals surface area (Å²) in [6.07, 6.45) is 5.40. The average Bonchev–Trinajstić information content (AvgIpc) is 3.17. The molecule has 0 unspecified atom stereocenters. The van der Waals surface area contributed by atoms with Crippen LogP contribution < -0.4 is 0 Å². The fourth-order valence-corrected chi connectivity index (χ4v) is 3.91. The normalized spacial score (nSPS) is 26.4. The van der Waals surface area contributed by atoms with Crippen LogP contribution in [0.25, 0.3) is 0 Å². The smallest absolute Gasteiger partial charge is 0.255 e. The second kappa shape index (κ2) is 6.02. The van der Waals surface area contributed by atoms with E-state index in [0.717, 1.165) is 42.0 Å². The Hall–Kier alpha value is -2.21. The van der Waals surface area contributed by atoms with Gasteiger partial charge in [-0.25, -0.2) is 9.97 Å². The number of ether oxygens (including phenoxy) is 1. The molecule has 24 heavy (non-hydrogen) atoms. The van der Waals surface area contributed by atoms with Crippen LogP contribution in [0.5, 0.6) is 0 Å². The number of carbonyl (C=O) groups is 1. The maximum atomic E-state index is 12.8. The minimum absolute atomic E-state index is 0.0225. The molecule has 2 aliphatic heterocycles. The van der Waals surface area contributed by atoms with Crippen LogP contribution in [0.4, 0.5) is 0 Å². The summed E-state index contributed by atoms with van der Waals surface area (Å²) in [4.78, 5) is 26.2. The summed E-state index contributed by atoms with van der Waals surface area (Å²) < 4.78 is 6.21. The zero-order valence-corrected chi connectivity index (χ0v) is 14.0. The van der Waals surface area contributed by atoms with Crippen LogP contribution >= 0.6 is 0 Å². The highest BCUT2D eigenvalue weighted by Crippen LogP contribution is 2.40. The van der Waals surface area contributed by atoms with Crippen molar-refractivity contribution >= 4 is 5.91 Å². The molecule has 3 atom stereocenters. The molecule has 0 aliphatic carbocycles. The number of hydrogen-bond acceptors (Lipinski definition) is 4. The number of aromatic amines is 1. The lowest BCUT2D eigenvalue weighted by atomic mass is 9.91. The fraction of sp³-hybridized carbons (Fsp3) is 0.500. The molecular formula is C18H22N4O2. The maximum absolute atomic E-state index is 12.8. The minimum Gasteiger partial charge on any atom is -0.367 e. The molecule has 126 valence electrons. The molecule has 4 heterocycles. The Morgan fingerprint density at radius 2 is 2.29 bits per heavy atom. The van der Waals surface area contributed by atoms with Crippen LogP contribution in [0.15, 0.2) is 24.7 Å². The van der Waals surface area contributed by atoms with Gasteiger partial charge in [0.15, 0.2) is 0 Å². The van der Waals surface area contributed by atoms with Crippen LogP contribution in [0.1, 0.15) is 46.4 Å². The Labute approximate surface area is 141 Å². The van der Waals surface area contributed by atoms with Gasteiger partial charge in [0.1, 0.15) is 12.4 Å². The number of piperidine rings is 1. The number of nitrogens with one attached hydrogen (secondary N) is 1. The summed E-state index contributed by atoms with van der Waals surface area (Å²) >= 11 is 0. The molecule has 6 nitrogen and oxygen atoms in total. The highest BCUT2D eigenvalue weighted by atomic mass is 16.5. The monoisotopic (exact) mass is 326 g/mol. The summed E-state index contributed by atoms with van der Waals surface area (Å²) in [6, 6.07) is 3.85. The largest absolute Gasteiger partial charge is 0.367 e.